The largest absolute Gasteiger partial charge is 0.370 e. The van der Waals surface area contributed by atoms with Crippen LogP contribution in [0.1, 0.15) is 0 Å². The maximum atomic E-state index is 8.00. The van der Waals surface area contributed by atoms with Gasteiger partial charge in [0.1, 0.15) is 6.79 Å². The van der Waals surface area contributed by atoms with Crippen molar-refractivity contribution < 1.29 is 4.79 Å². The Morgan fingerprint density at radius 1 is 0.933 bits per heavy atom. The molecule has 11 N–H and O–H groups in total. The summed E-state index contributed by atoms with van der Waals surface area (Å²) in [5, 5.41) is 6.06. The number of nitrogen functional groups attached to an aromatic ring is 3. The predicted molar refractivity (Wildman–Crippen MR) is 56.3 cm³/mol. The number of aromatic nitrogens is 3. The first-order valence-electron chi connectivity index (χ1n) is 3.32. The summed E-state index contributed by atoms with van der Waals surface area (Å²) in [6.45, 7) is 2.00. The van der Waals surface area contributed by atoms with E-state index < -0.39 is 0 Å². The molecule has 0 atom stereocenters. The van der Waals surface area contributed by atoms with E-state index in [2.05, 4.69) is 26.4 Å². The summed E-state index contributed by atoms with van der Waals surface area (Å²) in [6.07, 6.45) is 0. The van der Waals surface area contributed by atoms with E-state index in [0.717, 1.165) is 0 Å². The van der Waals surface area contributed by atoms with Crippen molar-refractivity contribution in [2.24, 2.45) is 11.5 Å². The van der Waals surface area contributed by atoms with Crippen molar-refractivity contribution in [1.29, 1.82) is 5.41 Å². The Morgan fingerprint density at radius 2 is 1.07 bits per heavy atom. The lowest BCUT2D eigenvalue weighted by atomic mass is 10.9. The summed E-state index contributed by atoms with van der Waals surface area (Å²) in [7, 11) is 0. The quantitative estimate of drug-likeness (QED) is 0.195. The van der Waals surface area contributed by atoms with Gasteiger partial charge in [0.05, 0.1) is 0 Å². The van der Waals surface area contributed by atoms with Crippen LogP contribution in [0.2, 0.25) is 0 Å². The summed E-state index contributed by atoms with van der Waals surface area (Å²) in [5.74, 6) is -0.208. The van der Waals surface area contributed by atoms with Crippen LogP contribution in [0.5, 0.6) is 0 Å². The van der Waals surface area contributed by atoms with Crippen molar-refractivity contribution in [2.75, 3.05) is 17.2 Å². The molecule has 1 heterocycles. The van der Waals surface area contributed by atoms with E-state index in [4.69, 9.17) is 27.4 Å². The number of carbonyl (C=O) groups excluding carboxylic acids is 1. The van der Waals surface area contributed by atoms with Crippen LogP contribution in [0.4, 0.5) is 17.8 Å². The van der Waals surface area contributed by atoms with Crippen molar-refractivity contribution in [3.63, 3.8) is 0 Å². The molecule has 0 aliphatic carbocycles. The molecule has 1 rings (SSSR count). The van der Waals surface area contributed by atoms with Crippen LogP contribution >= 0.6 is 0 Å². The average molecular weight is 215 g/mol. The molecular weight excluding hydrogens is 202 g/mol. The van der Waals surface area contributed by atoms with Crippen molar-refractivity contribution in [2.45, 2.75) is 0 Å². The minimum Gasteiger partial charge on any atom is -0.370 e. The van der Waals surface area contributed by atoms with Crippen molar-refractivity contribution in [1.82, 2.24) is 15.0 Å². The molecule has 0 aromatic carbocycles. The van der Waals surface area contributed by atoms with Gasteiger partial charge in [-0.05, 0) is 0 Å². The molecule has 0 aliphatic heterocycles. The molecule has 84 valence electrons. The van der Waals surface area contributed by atoms with Gasteiger partial charge in [-0.25, -0.2) is 0 Å². The molecule has 0 saturated heterocycles. The van der Waals surface area contributed by atoms with E-state index in [0.29, 0.717) is 0 Å². The van der Waals surface area contributed by atoms with Gasteiger partial charge in [0, 0.05) is 0 Å². The summed E-state index contributed by atoms with van der Waals surface area (Å²) >= 11 is 0. The summed E-state index contributed by atoms with van der Waals surface area (Å²) in [4.78, 5) is 18.5. The first-order chi connectivity index (χ1) is 6.91. The van der Waals surface area contributed by atoms with Gasteiger partial charge in [-0.2, -0.15) is 15.0 Å². The maximum absolute atomic E-state index is 8.00. The Bertz CT molecular complexity index is 259. The molecule has 10 nitrogen and oxygen atoms in total. The summed E-state index contributed by atoms with van der Waals surface area (Å²) in [6, 6.07) is 0. The molecule has 0 radical (unpaired) electrons. The van der Waals surface area contributed by atoms with Gasteiger partial charge in [-0.1, -0.05) is 0 Å². The normalized spacial score (nSPS) is 7.47. The Morgan fingerprint density at radius 3 is 1.20 bits per heavy atom. The molecule has 1 aromatic heterocycles. The molecule has 0 amide bonds. The fraction of sp³-hybridized carbons (Fsp3) is 0. The minimum absolute atomic E-state index is 0.0417. The number of carbonyl (C=O) groups is 1. The zero-order chi connectivity index (χ0) is 12.4. The number of nitrogens with one attached hydrogen (secondary N) is 1. The Hall–Kier alpha value is -2.65. The molecular formula is C5H13N9O. The van der Waals surface area contributed by atoms with Crippen molar-refractivity contribution in [3.05, 3.63) is 0 Å². The van der Waals surface area contributed by atoms with E-state index >= 15 is 0 Å². The number of guanidine groups is 1. The van der Waals surface area contributed by atoms with Crippen LogP contribution in [-0.4, -0.2) is 27.7 Å². The topological polar surface area (TPSA) is 210 Å². The molecule has 1 aromatic rings. The molecule has 10 heteroatoms. The molecule has 15 heavy (non-hydrogen) atoms. The van der Waals surface area contributed by atoms with Crippen LogP contribution in [0.3, 0.4) is 0 Å². The molecule has 0 bridgehead atoms. The second-order valence-electron chi connectivity index (χ2n) is 1.87. The lowest BCUT2D eigenvalue weighted by molar-refractivity contribution is -0.0979. The van der Waals surface area contributed by atoms with Crippen LogP contribution in [0.15, 0.2) is 0 Å². The first kappa shape index (κ1) is 14.9. The van der Waals surface area contributed by atoms with Crippen LogP contribution in [0, 0.1) is 5.41 Å². The highest BCUT2D eigenvalue weighted by Crippen LogP contribution is 1.97. The second kappa shape index (κ2) is 7.97. The molecule has 0 spiro atoms. The van der Waals surface area contributed by atoms with Crippen molar-refractivity contribution >= 4 is 30.6 Å². The van der Waals surface area contributed by atoms with Gasteiger partial charge in [-0.3, -0.25) is 5.41 Å². The highest BCUT2D eigenvalue weighted by Gasteiger charge is 1.93. The SMILES string of the molecule is C=O.N=C(N)N.Nc1nc(N)nc(N)n1. The average Bonchev–Trinajstić information content (AvgIpc) is 2.03. The number of rotatable bonds is 0. The van der Waals surface area contributed by atoms with E-state index in [-0.39, 0.29) is 23.8 Å². The third-order valence-corrected chi connectivity index (χ3v) is 0.687. The highest BCUT2D eigenvalue weighted by atomic mass is 16.1. The zero-order valence-electron chi connectivity index (χ0n) is 7.84. The number of nitrogens with zero attached hydrogens (tertiary/aromatic N) is 3. The van der Waals surface area contributed by atoms with Crippen LogP contribution in [-0.2, 0) is 4.79 Å². The number of anilines is 3. The van der Waals surface area contributed by atoms with E-state index in [1.807, 2.05) is 6.79 Å². The first-order valence-corrected chi connectivity index (χ1v) is 3.32. The molecule has 0 saturated carbocycles. The maximum Gasteiger partial charge on any atom is 0.226 e. The third kappa shape index (κ3) is 11.3. The van der Waals surface area contributed by atoms with Crippen LogP contribution < -0.4 is 28.7 Å². The van der Waals surface area contributed by atoms with Gasteiger partial charge in [0.15, 0.2) is 5.96 Å². The van der Waals surface area contributed by atoms with Gasteiger partial charge >= 0.3 is 0 Å². The van der Waals surface area contributed by atoms with E-state index in [9.17, 15) is 0 Å². The standard InChI is InChI=1S/C3H6N6.CH5N3.CH2O/c4-1-7-2(5)9-3(6)8-1;2-1(3)4;1-2/h(H6,4,5,6,7,8,9);(H5,2,3,4);1H2. The lowest BCUT2D eigenvalue weighted by Gasteiger charge is -1.93. The third-order valence-electron chi connectivity index (χ3n) is 0.687. The van der Waals surface area contributed by atoms with E-state index in [1.165, 1.54) is 0 Å². The fourth-order valence-electron chi connectivity index (χ4n) is 0.427. The molecule has 0 unspecified atom stereocenters. The smallest absolute Gasteiger partial charge is 0.226 e. The lowest BCUT2D eigenvalue weighted by Crippen LogP contribution is -2.20. The zero-order valence-corrected chi connectivity index (χ0v) is 7.84. The monoisotopic (exact) mass is 215 g/mol. The second-order valence-corrected chi connectivity index (χ2v) is 1.87. The Kier molecular flexibility index (Phi) is 7.89. The fourth-order valence-corrected chi connectivity index (χ4v) is 0.427. The van der Waals surface area contributed by atoms with Crippen molar-refractivity contribution in [3.8, 4) is 0 Å². The molecule has 0 fully saturated rings. The number of nitrogens with two attached hydrogens (primary N) is 5. The Labute approximate surface area is 85.4 Å². The number of hydrogen-bond donors (Lipinski definition) is 6. The highest BCUT2D eigenvalue weighted by molar-refractivity contribution is 5.71. The Balaban J connectivity index is 0. The van der Waals surface area contributed by atoms with Crippen LogP contribution in [0.25, 0.3) is 0 Å². The summed E-state index contributed by atoms with van der Waals surface area (Å²) in [5.41, 5.74) is 24.4. The summed E-state index contributed by atoms with van der Waals surface area (Å²) < 4.78 is 0. The van der Waals surface area contributed by atoms with Gasteiger partial charge in [-0.15, -0.1) is 0 Å². The molecule has 0 aliphatic rings. The van der Waals surface area contributed by atoms with E-state index in [1.54, 1.807) is 0 Å². The van der Waals surface area contributed by atoms with Gasteiger partial charge in [0.25, 0.3) is 0 Å². The van der Waals surface area contributed by atoms with Gasteiger partial charge in [0.2, 0.25) is 17.8 Å². The predicted octanol–water partition coefficient (Wildman–Crippen LogP) is -2.73. The number of hydrogen-bond acceptors (Lipinski definition) is 8. The van der Waals surface area contributed by atoms with Gasteiger partial charge < -0.3 is 33.5 Å². The minimum atomic E-state index is -0.333.